The molecule has 2 aromatic rings. The third-order valence-corrected chi connectivity index (χ3v) is 10.3. The van der Waals surface area contributed by atoms with Crippen molar-refractivity contribution in [1.29, 1.82) is 0 Å². The maximum atomic E-state index is 13.7. The molecular weight excluding hydrogens is 574 g/mol. The molecule has 3 rings (SSSR count). The summed E-state index contributed by atoms with van der Waals surface area (Å²) in [6.07, 6.45) is 3.81. The van der Waals surface area contributed by atoms with Gasteiger partial charge in [-0.3, -0.25) is 14.4 Å². The zero-order chi connectivity index (χ0) is 32.6. The SMILES string of the molecule is CC[C@H](C)[C@@H]([C@H](C)CC(=O)N1CCC[C@H]1[C@H](O)[C@@H](C)C(=O)N[C@@H](Cc1ccccc1)c1nccs1)N(C)C(=O)[C@@H](N)C(C)C. The predicted molar refractivity (Wildman–Crippen MR) is 176 cm³/mol. The number of hydrogen-bond donors (Lipinski definition) is 3. The predicted octanol–water partition coefficient (Wildman–Crippen LogP) is 4.41. The number of hydrogen-bond acceptors (Lipinski definition) is 7. The normalized spacial score (nSPS) is 20.0. The Balaban J connectivity index is 1.68. The summed E-state index contributed by atoms with van der Waals surface area (Å²) in [7, 11) is 1.79. The molecule has 3 amide bonds. The van der Waals surface area contributed by atoms with Crippen LogP contribution in [0, 0.1) is 23.7 Å². The van der Waals surface area contributed by atoms with Gasteiger partial charge < -0.3 is 26.0 Å². The molecule has 1 aliphatic heterocycles. The van der Waals surface area contributed by atoms with Crippen molar-refractivity contribution in [2.45, 2.75) is 104 Å². The van der Waals surface area contributed by atoms with Crippen LogP contribution in [0.1, 0.15) is 83.8 Å². The van der Waals surface area contributed by atoms with Gasteiger partial charge in [0.2, 0.25) is 17.7 Å². The standard InChI is InChI=1S/C34H53N5O4S/c1-8-22(4)30(38(7)34(43)29(35)21(2)3)23(5)19-28(40)39-17-12-15-27(39)31(41)24(6)32(42)37-26(33-36-16-18-44-33)20-25-13-10-9-11-14-25/h9-11,13-14,16,18,21-24,26-27,29-31,41H,8,12,15,17,19-20,35H2,1-7H3,(H,37,42)/t22-,23+,24+,26-,27-,29-,30-,31+/m0/s1. The lowest BCUT2D eigenvalue weighted by Crippen LogP contribution is -2.53. The van der Waals surface area contributed by atoms with Gasteiger partial charge in [0.05, 0.1) is 30.1 Å². The molecule has 1 aromatic heterocycles. The van der Waals surface area contributed by atoms with Crippen molar-refractivity contribution in [3.05, 3.63) is 52.5 Å². The first kappa shape index (κ1) is 35.7. The van der Waals surface area contributed by atoms with Gasteiger partial charge in [0.1, 0.15) is 5.01 Å². The van der Waals surface area contributed by atoms with Crippen molar-refractivity contribution < 1.29 is 19.5 Å². The van der Waals surface area contributed by atoms with E-state index in [-0.39, 0.29) is 54.0 Å². The maximum absolute atomic E-state index is 13.7. The Morgan fingerprint density at radius 3 is 2.41 bits per heavy atom. The smallest absolute Gasteiger partial charge is 0.239 e. The minimum absolute atomic E-state index is 0.0145. The molecular formula is C34H53N5O4S. The molecule has 1 aromatic carbocycles. The summed E-state index contributed by atoms with van der Waals surface area (Å²) in [6.45, 7) is 12.3. The van der Waals surface area contributed by atoms with Crippen LogP contribution < -0.4 is 11.1 Å². The van der Waals surface area contributed by atoms with Crippen molar-refractivity contribution in [1.82, 2.24) is 20.1 Å². The molecule has 1 saturated heterocycles. The van der Waals surface area contributed by atoms with Gasteiger partial charge in [-0.25, -0.2) is 4.98 Å². The zero-order valence-electron chi connectivity index (χ0n) is 27.5. The summed E-state index contributed by atoms with van der Waals surface area (Å²) in [5.74, 6) is -1.07. The maximum Gasteiger partial charge on any atom is 0.239 e. The van der Waals surface area contributed by atoms with Crippen LogP contribution in [0.25, 0.3) is 0 Å². The molecule has 0 unspecified atom stereocenters. The van der Waals surface area contributed by atoms with Gasteiger partial charge in [0, 0.05) is 37.6 Å². The molecule has 10 heteroatoms. The second-order valence-electron chi connectivity index (χ2n) is 13.0. The highest BCUT2D eigenvalue weighted by Gasteiger charge is 2.41. The van der Waals surface area contributed by atoms with E-state index in [9.17, 15) is 19.5 Å². The van der Waals surface area contributed by atoms with E-state index in [0.717, 1.165) is 23.4 Å². The van der Waals surface area contributed by atoms with Crippen molar-refractivity contribution in [2.24, 2.45) is 29.4 Å². The molecule has 0 radical (unpaired) electrons. The van der Waals surface area contributed by atoms with Gasteiger partial charge in [0.25, 0.3) is 0 Å². The van der Waals surface area contributed by atoms with Crippen molar-refractivity contribution in [3.63, 3.8) is 0 Å². The minimum atomic E-state index is -1.01. The van der Waals surface area contributed by atoms with Crippen LogP contribution in [0.15, 0.2) is 41.9 Å². The van der Waals surface area contributed by atoms with Gasteiger partial charge in [-0.2, -0.15) is 0 Å². The van der Waals surface area contributed by atoms with Crippen LogP contribution in [-0.2, 0) is 20.8 Å². The van der Waals surface area contributed by atoms with E-state index in [4.69, 9.17) is 5.73 Å². The third-order valence-electron chi connectivity index (χ3n) is 9.39. The van der Waals surface area contributed by atoms with Crippen LogP contribution in [0.4, 0.5) is 0 Å². The highest BCUT2D eigenvalue weighted by Crippen LogP contribution is 2.30. The van der Waals surface area contributed by atoms with E-state index in [2.05, 4.69) is 24.1 Å². The Bertz CT molecular complexity index is 1190. The molecule has 2 heterocycles. The molecule has 44 heavy (non-hydrogen) atoms. The Kier molecular flexibility index (Phi) is 13.4. The molecule has 1 fully saturated rings. The van der Waals surface area contributed by atoms with Crippen LogP contribution in [0.3, 0.4) is 0 Å². The van der Waals surface area contributed by atoms with Gasteiger partial charge >= 0.3 is 0 Å². The average molecular weight is 628 g/mol. The first-order valence-electron chi connectivity index (χ1n) is 16.1. The molecule has 0 aliphatic carbocycles. The van der Waals surface area contributed by atoms with Gasteiger partial charge in [0.15, 0.2) is 0 Å². The molecule has 244 valence electrons. The first-order valence-corrected chi connectivity index (χ1v) is 17.0. The molecule has 0 spiro atoms. The number of nitrogens with one attached hydrogen (secondary N) is 1. The number of aromatic nitrogens is 1. The second-order valence-corrected chi connectivity index (χ2v) is 13.9. The van der Waals surface area contributed by atoms with Crippen LogP contribution in [0.2, 0.25) is 0 Å². The Morgan fingerprint density at radius 2 is 1.82 bits per heavy atom. The topological polar surface area (TPSA) is 129 Å². The second kappa shape index (κ2) is 16.5. The number of benzene rings is 1. The lowest BCUT2D eigenvalue weighted by Gasteiger charge is -2.39. The van der Waals surface area contributed by atoms with Gasteiger partial charge in [-0.15, -0.1) is 11.3 Å². The minimum Gasteiger partial charge on any atom is -0.390 e. The quantitative estimate of drug-likeness (QED) is 0.268. The van der Waals surface area contributed by atoms with Gasteiger partial charge in [-0.05, 0) is 42.6 Å². The molecule has 9 nitrogen and oxygen atoms in total. The number of thiazole rings is 1. The van der Waals surface area contributed by atoms with E-state index in [1.807, 2.05) is 56.5 Å². The van der Waals surface area contributed by atoms with Crippen molar-refractivity contribution in [2.75, 3.05) is 13.6 Å². The molecule has 4 N–H and O–H groups in total. The van der Waals surface area contributed by atoms with Gasteiger partial charge in [-0.1, -0.05) is 78.3 Å². The number of likely N-dealkylation sites (tertiary alicyclic amines) is 1. The largest absolute Gasteiger partial charge is 0.390 e. The zero-order valence-corrected chi connectivity index (χ0v) is 28.3. The number of rotatable bonds is 15. The fourth-order valence-electron chi connectivity index (χ4n) is 6.45. The Labute approximate surface area is 267 Å². The fraction of sp³-hybridized carbons (Fsp3) is 0.647. The first-order chi connectivity index (χ1) is 20.9. The number of aliphatic hydroxyl groups excluding tert-OH is 1. The summed E-state index contributed by atoms with van der Waals surface area (Å²) < 4.78 is 0. The molecule has 0 bridgehead atoms. The van der Waals surface area contributed by atoms with Crippen molar-refractivity contribution >= 4 is 29.1 Å². The lowest BCUT2D eigenvalue weighted by molar-refractivity contribution is -0.142. The Hall–Kier alpha value is -2.82. The van der Waals surface area contributed by atoms with E-state index in [0.29, 0.717) is 19.4 Å². The molecule has 8 atom stereocenters. The summed E-state index contributed by atoms with van der Waals surface area (Å²) in [6, 6.07) is 8.43. The highest BCUT2D eigenvalue weighted by molar-refractivity contribution is 7.09. The number of likely N-dealkylation sites (N-methyl/N-ethyl adjacent to an activating group) is 1. The monoisotopic (exact) mass is 627 g/mol. The van der Waals surface area contributed by atoms with E-state index in [1.165, 1.54) is 11.3 Å². The number of amides is 3. The number of aliphatic hydroxyl groups is 1. The number of carbonyl (C=O) groups is 3. The third kappa shape index (κ3) is 8.88. The summed E-state index contributed by atoms with van der Waals surface area (Å²) in [5.41, 5.74) is 7.29. The molecule has 0 saturated carbocycles. The van der Waals surface area contributed by atoms with Crippen LogP contribution in [-0.4, -0.2) is 75.4 Å². The van der Waals surface area contributed by atoms with Crippen LogP contribution >= 0.6 is 11.3 Å². The average Bonchev–Trinajstić information content (AvgIpc) is 3.73. The van der Waals surface area contributed by atoms with Crippen molar-refractivity contribution in [3.8, 4) is 0 Å². The summed E-state index contributed by atoms with van der Waals surface area (Å²) >= 11 is 1.49. The van der Waals surface area contributed by atoms with E-state index in [1.54, 1.807) is 30.0 Å². The van der Waals surface area contributed by atoms with E-state index >= 15 is 0 Å². The highest BCUT2D eigenvalue weighted by atomic mass is 32.1. The number of nitrogens with zero attached hydrogens (tertiary/aromatic N) is 3. The Morgan fingerprint density at radius 1 is 1.14 bits per heavy atom. The summed E-state index contributed by atoms with van der Waals surface area (Å²) in [5, 5.41) is 17.3. The van der Waals surface area contributed by atoms with Crippen LogP contribution in [0.5, 0.6) is 0 Å². The fourth-order valence-corrected chi connectivity index (χ4v) is 7.14. The number of carbonyl (C=O) groups excluding carboxylic acids is 3. The summed E-state index contributed by atoms with van der Waals surface area (Å²) in [4.78, 5) is 48.3. The number of nitrogens with two attached hydrogens (primary N) is 1. The molecule has 1 aliphatic rings. The van der Waals surface area contributed by atoms with E-state index < -0.39 is 24.1 Å². The lowest BCUT2D eigenvalue weighted by atomic mass is 9.84.